The molecule has 0 saturated carbocycles. The Morgan fingerprint density at radius 2 is 1.93 bits per heavy atom. The number of carbonyl (C=O) groups excluding carboxylic acids is 2. The van der Waals surface area contributed by atoms with Gasteiger partial charge in [-0.15, -0.1) is 0 Å². The number of hydrogen-bond acceptors (Lipinski definition) is 4. The van der Waals surface area contributed by atoms with E-state index in [0.29, 0.717) is 30.0 Å². The third kappa shape index (κ3) is 4.03. The molecule has 2 heterocycles. The molecule has 0 aliphatic carbocycles. The van der Waals surface area contributed by atoms with Gasteiger partial charge in [-0.3, -0.25) is 9.59 Å². The first-order valence-electron chi connectivity index (χ1n) is 8.78. The molecule has 142 valence electrons. The quantitative estimate of drug-likeness (QED) is 0.697. The Labute approximate surface area is 160 Å². The maximum Gasteiger partial charge on any atom is 0.291 e. The smallest absolute Gasteiger partial charge is 0.291 e. The second kappa shape index (κ2) is 7.56. The molecule has 1 aliphatic heterocycles. The third-order valence-electron chi connectivity index (χ3n) is 4.34. The van der Waals surface area contributed by atoms with Crippen molar-refractivity contribution >= 4 is 23.2 Å². The molecule has 1 aliphatic rings. The van der Waals surface area contributed by atoms with Gasteiger partial charge in [-0.1, -0.05) is 0 Å². The molecule has 7 heteroatoms. The maximum atomic E-state index is 12.9. The molecule has 3 aromatic rings. The Morgan fingerprint density at radius 3 is 2.75 bits per heavy atom. The number of nitrogens with one attached hydrogen (secondary N) is 2. The molecule has 0 radical (unpaired) electrons. The van der Waals surface area contributed by atoms with Crippen molar-refractivity contribution in [2.75, 3.05) is 10.6 Å². The molecular formula is C21H17FN2O4. The first-order valence-corrected chi connectivity index (χ1v) is 8.78. The van der Waals surface area contributed by atoms with Crippen molar-refractivity contribution in [1.82, 2.24) is 0 Å². The molecule has 2 N–H and O–H groups in total. The fourth-order valence-corrected chi connectivity index (χ4v) is 2.92. The zero-order valence-corrected chi connectivity index (χ0v) is 14.8. The summed E-state index contributed by atoms with van der Waals surface area (Å²) in [6.45, 7) is 0.122. The minimum Gasteiger partial charge on any atom is -0.486 e. The van der Waals surface area contributed by atoms with Gasteiger partial charge in [0.05, 0.1) is 0 Å². The Morgan fingerprint density at radius 1 is 1.11 bits per heavy atom. The van der Waals surface area contributed by atoms with Crippen LogP contribution in [0.4, 0.5) is 15.8 Å². The highest BCUT2D eigenvalue weighted by Crippen LogP contribution is 2.26. The van der Waals surface area contributed by atoms with E-state index >= 15 is 0 Å². The number of benzene rings is 2. The molecule has 2 amide bonds. The summed E-state index contributed by atoms with van der Waals surface area (Å²) in [5, 5.41) is 5.59. The minimum atomic E-state index is -0.382. The highest BCUT2D eigenvalue weighted by Gasteiger charge is 2.17. The number of ether oxygens (including phenoxy) is 1. The lowest BCUT2D eigenvalue weighted by molar-refractivity contribution is -0.116. The molecule has 2 aromatic carbocycles. The summed E-state index contributed by atoms with van der Waals surface area (Å²) in [5.41, 5.74) is 2.37. The second-order valence-corrected chi connectivity index (χ2v) is 6.38. The molecule has 4 rings (SSSR count). The highest BCUT2D eigenvalue weighted by molar-refractivity contribution is 6.02. The van der Waals surface area contributed by atoms with Gasteiger partial charge in [-0.05, 0) is 66.6 Å². The predicted molar refractivity (Wildman–Crippen MR) is 101 cm³/mol. The number of amides is 2. The van der Waals surface area contributed by atoms with Crippen LogP contribution in [0.1, 0.15) is 28.3 Å². The van der Waals surface area contributed by atoms with E-state index in [1.807, 2.05) is 6.07 Å². The van der Waals surface area contributed by atoms with Crippen LogP contribution in [0.5, 0.6) is 5.75 Å². The molecule has 0 saturated heterocycles. The van der Waals surface area contributed by atoms with Gasteiger partial charge in [-0.2, -0.15) is 0 Å². The largest absolute Gasteiger partial charge is 0.486 e. The fraction of sp³-hybridized carbons (Fsp3) is 0.143. The highest BCUT2D eigenvalue weighted by atomic mass is 19.1. The maximum absolute atomic E-state index is 12.9. The van der Waals surface area contributed by atoms with Crippen LogP contribution in [0.3, 0.4) is 0 Å². The van der Waals surface area contributed by atoms with Gasteiger partial charge in [0, 0.05) is 17.8 Å². The molecular weight excluding hydrogens is 363 g/mol. The SMILES string of the molecule is O=C1CCc2cc(NC(=O)c3ccc(COc4ccc(F)cc4)o3)ccc2N1. The Balaban J connectivity index is 1.38. The van der Waals surface area contributed by atoms with E-state index in [-0.39, 0.29) is 30.0 Å². The van der Waals surface area contributed by atoms with Crippen molar-refractivity contribution < 1.29 is 23.1 Å². The molecule has 0 fully saturated rings. The number of hydrogen-bond donors (Lipinski definition) is 2. The van der Waals surface area contributed by atoms with Crippen LogP contribution in [0.25, 0.3) is 0 Å². The summed E-state index contributed by atoms with van der Waals surface area (Å²) in [7, 11) is 0. The number of carbonyl (C=O) groups is 2. The van der Waals surface area contributed by atoms with Gasteiger partial charge in [-0.25, -0.2) is 4.39 Å². The van der Waals surface area contributed by atoms with Crippen molar-refractivity contribution in [3.05, 3.63) is 77.5 Å². The standard InChI is InChI=1S/C21H17FN2O4/c22-14-2-5-16(6-3-14)27-12-17-7-9-19(28-17)21(26)23-15-4-8-18-13(11-15)1-10-20(25)24-18/h2-9,11H,1,10,12H2,(H,23,26)(H,24,25). The van der Waals surface area contributed by atoms with Crippen molar-refractivity contribution in [1.29, 1.82) is 0 Å². The topological polar surface area (TPSA) is 80.6 Å². The first kappa shape index (κ1) is 17.8. The summed E-state index contributed by atoms with van der Waals surface area (Å²) in [5.74, 6) is 0.410. The Hall–Kier alpha value is -3.61. The van der Waals surface area contributed by atoms with Crippen LogP contribution in [0.2, 0.25) is 0 Å². The number of anilines is 2. The number of rotatable bonds is 5. The Bertz CT molecular complexity index is 1030. The fourth-order valence-electron chi connectivity index (χ4n) is 2.92. The normalized spacial score (nSPS) is 12.8. The number of aryl methyl sites for hydroxylation is 1. The first-order chi connectivity index (χ1) is 13.6. The van der Waals surface area contributed by atoms with Gasteiger partial charge in [0.1, 0.15) is 23.9 Å². The van der Waals surface area contributed by atoms with E-state index in [2.05, 4.69) is 10.6 Å². The van der Waals surface area contributed by atoms with Crippen LogP contribution in [0, 0.1) is 5.82 Å². The summed E-state index contributed by atoms with van der Waals surface area (Å²) in [6.07, 6.45) is 1.07. The lowest BCUT2D eigenvalue weighted by Crippen LogP contribution is -2.19. The zero-order valence-electron chi connectivity index (χ0n) is 14.8. The van der Waals surface area contributed by atoms with Crippen LogP contribution >= 0.6 is 0 Å². The molecule has 0 spiro atoms. The molecule has 0 atom stereocenters. The second-order valence-electron chi connectivity index (χ2n) is 6.38. The van der Waals surface area contributed by atoms with Crippen LogP contribution in [-0.4, -0.2) is 11.8 Å². The summed E-state index contributed by atoms with van der Waals surface area (Å²) in [4.78, 5) is 23.8. The molecule has 0 bridgehead atoms. The van der Waals surface area contributed by atoms with Gasteiger partial charge in [0.2, 0.25) is 5.91 Å². The van der Waals surface area contributed by atoms with Gasteiger partial charge >= 0.3 is 0 Å². The van der Waals surface area contributed by atoms with Gasteiger partial charge < -0.3 is 19.8 Å². The number of furan rings is 1. The van der Waals surface area contributed by atoms with E-state index in [1.54, 1.807) is 24.3 Å². The van der Waals surface area contributed by atoms with Crippen LogP contribution < -0.4 is 15.4 Å². The lowest BCUT2D eigenvalue weighted by Gasteiger charge is -2.17. The van der Waals surface area contributed by atoms with Gasteiger partial charge in [0.15, 0.2) is 5.76 Å². The molecule has 28 heavy (non-hydrogen) atoms. The minimum absolute atomic E-state index is 0.00439. The Kier molecular flexibility index (Phi) is 4.80. The van der Waals surface area contributed by atoms with Crippen LogP contribution in [0.15, 0.2) is 59.0 Å². The average molecular weight is 380 g/mol. The van der Waals surface area contributed by atoms with Crippen molar-refractivity contribution in [2.45, 2.75) is 19.4 Å². The van der Waals surface area contributed by atoms with E-state index in [9.17, 15) is 14.0 Å². The van der Waals surface area contributed by atoms with Crippen molar-refractivity contribution in [2.24, 2.45) is 0 Å². The van der Waals surface area contributed by atoms with E-state index in [1.165, 1.54) is 24.3 Å². The summed E-state index contributed by atoms with van der Waals surface area (Å²) >= 11 is 0. The van der Waals surface area contributed by atoms with Crippen LogP contribution in [-0.2, 0) is 17.8 Å². The van der Waals surface area contributed by atoms with Crippen molar-refractivity contribution in [3.63, 3.8) is 0 Å². The summed E-state index contributed by atoms with van der Waals surface area (Å²) in [6, 6.07) is 14.2. The predicted octanol–water partition coefficient (Wildman–Crippen LogP) is 4.13. The van der Waals surface area contributed by atoms with Gasteiger partial charge in [0.25, 0.3) is 5.91 Å². The lowest BCUT2D eigenvalue weighted by atomic mass is 10.0. The number of halogens is 1. The summed E-state index contributed by atoms with van der Waals surface area (Å²) < 4.78 is 23.9. The van der Waals surface area contributed by atoms with Crippen molar-refractivity contribution in [3.8, 4) is 5.75 Å². The van der Waals surface area contributed by atoms with E-state index < -0.39 is 0 Å². The molecule has 6 nitrogen and oxygen atoms in total. The third-order valence-corrected chi connectivity index (χ3v) is 4.34. The molecule has 0 unspecified atom stereocenters. The molecule has 1 aromatic heterocycles. The monoisotopic (exact) mass is 380 g/mol. The number of fused-ring (bicyclic) bond motifs is 1. The average Bonchev–Trinajstić information content (AvgIpc) is 3.17. The van der Waals surface area contributed by atoms with E-state index in [4.69, 9.17) is 9.15 Å². The van der Waals surface area contributed by atoms with E-state index in [0.717, 1.165) is 11.3 Å². The zero-order chi connectivity index (χ0) is 19.5.